The lowest BCUT2D eigenvalue weighted by Gasteiger charge is -2.38. The SMILES string of the molecule is CCC1(C)Sc2ccc(C)cc2SC(C(C)C)C1C. The molecule has 1 aromatic rings. The highest BCUT2D eigenvalue weighted by Crippen LogP contribution is 2.53. The monoisotopic (exact) mass is 294 g/mol. The normalized spacial score (nSPS) is 31.1. The van der Waals surface area contributed by atoms with Crippen LogP contribution in [-0.2, 0) is 0 Å². The predicted octanol–water partition coefficient (Wildman–Crippen LogP) is 6.02. The largest absolute Gasteiger partial charge is 0.121 e. The van der Waals surface area contributed by atoms with Gasteiger partial charge < -0.3 is 0 Å². The van der Waals surface area contributed by atoms with E-state index in [9.17, 15) is 0 Å². The zero-order valence-electron chi connectivity index (χ0n) is 13.0. The Bertz CT molecular complexity index is 453. The Morgan fingerprint density at radius 1 is 1.26 bits per heavy atom. The van der Waals surface area contributed by atoms with Gasteiger partial charge in [0.05, 0.1) is 0 Å². The van der Waals surface area contributed by atoms with Crippen LogP contribution >= 0.6 is 23.5 Å². The minimum absolute atomic E-state index is 0.350. The summed E-state index contributed by atoms with van der Waals surface area (Å²) in [5, 5.41) is 0.709. The van der Waals surface area contributed by atoms with Crippen molar-refractivity contribution in [2.24, 2.45) is 11.8 Å². The van der Waals surface area contributed by atoms with E-state index < -0.39 is 0 Å². The summed E-state index contributed by atoms with van der Waals surface area (Å²) >= 11 is 4.20. The van der Waals surface area contributed by atoms with Crippen LogP contribution in [0.1, 0.15) is 46.6 Å². The summed E-state index contributed by atoms with van der Waals surface area (Å²) in [4.78, 5) is 2.97. The molecule has 1 aliphatic rings. The first kappa shape index (κ1) is 15.3. The maximum Gasteiger partial charge on any atom is 0.0214 e. The van der Waals surface area contributed by atoms with E-state index in [-0.39, 0.29) is 0 Å². The van der Waals surface area contributed by atoms with Crippen LogP contribution in [0.25, 0.3) is 0 Å². The van der Waals surface area contributed by atoms with Gasteiger partial charge in [-0.3, -0.25) is 0 Å². The van der Waals surface area contributed by atoms with Gasteiger partial charge in [0.2, 0.25) is 0 Å². The molecule has 0 amide bonds. The lowest BCUT2D eigenvalue weighted by atomic mass is 9.85. The van der Waals surface area contributed by atoms with E-state index in [0.717, 1.165) is 11.8 Å². The van der Waals surface area contributed by atoms with Crippen LogP contribution in [0.3, 0.4) is 0 Å². The van der Waals surface area contributed by atoms with Crippen molar-refractivity contribution in [3.63, 3.8) is 0 Å². The van der Waals surface area contributed by atoms with Crippen LogP contribution in [0.2, 0.25) is 0 Å². The van der Waals surface area contributed by atoms with Crippen molar-refractivity contribution in [2.45, 2.75) is 67.8 Å². The number of aryl methyl sites for hydroxylation is 1. The van der Waals surface area contributed by atoms with E-state index in [2.05, 4.69) is 83.3 Å². The molecule has 0 saturated carbocycles. The number of rotatable bonds is 2. The fraction of sp³-hybridized carbons (Fsp3) is 0.647. The Balaban J connectivity index is 2.48. The Hall–Kier alpha value is -0.0800. The molecule has 2 heteroatoms. The van der Waals surface area contributed by atoms with Gasteiger partial charge in [-0.25, -0.2) is 0 Å². The van der Waals surface area contributed by atoms with E-state index in [0.29, 0.717) is 10.00 Å². The molecule has 1 aromatic carbocycles. The summed E-state index contributed by atoms with van der Waals surface area (Å²) < 4.78 is 0.350. The first-order valence-electron chi connectivity index (χ1n) is 7.33. The third-order valence-corrected chi connectivity index (χ3v) is 8.17. The molecule has 0 N–H and O–H groups in total. The topological polar surface area (TPSA) is 0 Å². The minimum Gasteiger partial charge on any atom is -0.121 e. The number of hydrogen-bond donors (Lipinski definition) is 0. The van der Waals surface area contributed by atoms with Gasteiger partial charge in [0.15, 0.2) is 0 Å². The molecular weight excluding hydrogens is 268 g/mol. The Morgan fingerprint density at radius 3 is 2.53 bits per heavy atom. The van der Waals surface area contributed by atoms with E-state index in [1.807, 2.05) is 0 Å². The molecule has 3 unspecified atom stereocenters. The summed E-state index contributed by atoms with van der Waals surface area (Å²) in [7, 11) is 0. The molecule has 0 aliphatic carbocycles. The van der Waals surface area contributed by atoms with Crippen molar-refractivity contribution in [1.29, 1.82) is 0 Å². The van der Waals surface area contributed by atoms with Gasteiger partial charge in [-0.1, -0.05) is 33.8 Å². The maximum absolute atomic E-state index is 2.45. The highest BCUT2D eigenvalue weighted by Gasteiger charge is 2.40. The van der Waals surface area contributed by atoms with Crippen molar-refractivity contribution >= 4 is 23.5 Å². The van der Waals surface area contributed by atoms with Crippen molar-refractivity contribution < 1.29 is 0 Å². The maximum atomic E-state index is 2.45. The molecular formula is C17H26S2. The standard InChI is InChI=1S/C17H26S2/c1-7-17(6)13(5)16(11(2)3)18-15-10-12(4)8-9-14(15)19-17/h8-11,13,16H,7H2,1-6H3. The first-order valence-corrected chi connectivity index (χ1v) is 9.03. The van der Waals surface area contributed by atoms with Gasteiger partial charge in [0.1, 0.15) is 0 Å². The lowest BCUT2D eigenvalue weighted by molar-refractivity contribution is 0.362. The third-order valence-electron chi connectivity index (χ3n) is 4.52. The average Bonchev–Trinajstić information content (AvgIpc) is 2.47. The van der Waals surface area contributed by atoms with Gasteiger partial charge in [0, 0.05) is 19.8 Å². The van der Waals surface area contributed by atoms with Crippen LogP contribution in [0.4, 0.5) is 0 Å². The Labute approximate surface area is 127 Å². The highest BCUT2D eigenvalue weighted by atomic mass is 32.2. The molecule has 0 aromatic heterocycles. The second-order valence-corrected chi connectivity index (χ2v) is 9.13. The molecule has 19 heavy (non-hydrogen) atoms. The third kappa shape index (κ3) is 3.00. The smallest absolute Gasteiger partial charge is 0.0214 e. The fourth-order valence-corrected chi connectivity index (χ4v) is 5.98. The molecule has 0 radical (unpaired) electrons. The van der Waals surface area contributed by atoms with Crippen LogP contribution in [0.5, 0.6) is 0 Å². The summed E-state index contributed by atoms with van der Waals surface area (Å²) in [5.74, 6) is 1.44. The first-order chi connectivity index (χ1) is 8.87. The Morgan fingerprint density at radius 2 is 1.95 bits per heavy atom. The molecule has 1 aliphatic heterocycles. The molecule has 0 fully saturated rings. The predicted molar refractivity (Wildman–Crippen MR) is 89.4 cm³/mol. The van der Waals surface area contributed by atoms with Crippen molar-refractivity contribution in [3.05, 3.63) is 23.8 Å². The van der Waals surface area contributed by atoms with E-state index in [1.54, 1.807) is 0 Å². The minimum atomic E-state index is 0.350. The summed E-state index contributed by atoms with van der Waals surface area (Å²) in [6.07, 6.45) is 1.23. The van der Waals surface area contributed by atoms with Gasteiger partial charge >= 0.3 is 0 Å². The number of benzene rings is 1. The van der Waals surface area contributed by atoms with Crippen LogP contribution in [-0.4, -0.2) is 10.00 Å². The van der Waals surface area contributed by atoms with Crippen LogP contribution < -0.4 is 0 Å². The molecule has 0 spiro atoms. The van der Waals surface area contributed by atoms with Gasteiger partial charge in [-0.05, 0) is 49.8 Å². The average molecular weight is 295 g/mol. The molecule has 1 heterocycles. The van der Waals surface area contributed by atoms with E-state index in [1.165, 1.54) is 21.8 Å². The van der Waals surface area contributed by atoms with Crippen molar-refractivity contribution in [1.82, 2.24) is 0 Å². The molecule has 106 valence electrons. The zero-order chi connectivity index (χ0) is 14.2. The number of thioether (sulfide) groups is 2. The van der Waals surface area contributed by atoms with Gasteiger partial charge in [-0.15, -0.1) is 23.5 Å². The lowest BCUT2D eigenvalue weighted by Crippen LogP contribution is -2.36. The summed E-state index contributed by atoms with van der Waals surface area (Å²) in [6, 6.07) is 6.95. The van der Waals surface area contributed by atoms with Crippen LogP contribution in [0, 0.1) is 18.8 Å². The van der Waals surface area contributed by atoms with E-state index in [4.69, 9.17) is 0 Å². The zero-order valence-corrected chi connectivity index (χ0v) is 14.6. The quantitative estimate of drug-likeness (QED) is 0.654. The van der Waals surface area contributed by atoms with Gasteiger partial charge in [-0.2, -0.15) is 0 Å². The molecule has 3 atom stereocenters. The van der Waals surface area contributed by atoms with Crippen molar-refractivity contribution in [3.8, 4) is 0 Å². The van der Waals surface area contributed by atoms with Gasteiger partial charge in [0.25, 0.3) is 0 Å². The summed E-state index contributed by atoms with van der Waals surface area (Å²) in [5.41, 5.74) is 1.38. The summed E-state index contributed by atoms with van der Waals surface area (Å²) in [6.45, 7) is 14.2. The fourth-order valence-electron chi connectivity index (χ4n) is 2.84. The molecule has 2 rings (SSSR count). The van der Waals surface area contributed by atoms with Crippen molar-refractivity contribution in [2.75, 3.05) is 0 Å². The second kappa shape index (κ2) is 5.73. The second-order valence-electron chi connectivity index (χ2n) is 6.33. The van der Waals surface area contributed by atoms with Crippen LogP contribution in [0.15, 0.2) is 28.0 Å². The molecule has 0 saturated heterocycles. The highest BCUT2D eigenvalue weighted by molar-refractivity contribution is 8.04. The number of hydrogen-bond acceptors (Lipinski definition) is 2. The Kier molecular flexibility index (Phi) is 4.62. The molecule has 0 bridgehead atoms. The van der Waals surface area contributed by atoms with E-state index >= 15 is 0 Å². The molecule has 0 nitrogen and oxygen atoms in total. The number of fused-ring (bicyclic) bond motifs is 1.